The van der Waals surface area contributed by atoms with Crippen molar-refractivity contribution in [2.75, 3.05) is 13.6 Å². The molecule has 0 radical (unpaired) electrons. The quantitative estimate of drug-likeness (QED) is 0.725. The third-order valence-electron chi connectivity index (χ3n) is 5.92. The molecule has 1 aliphatic heterocycles. The van der Waals surface area contributed by atoms with E-state index in [0.29, 0.717) is 6.42 Å². The Morgan fingerprint density at radius 3 is 2.40 bits per heavy atom. The van der Waals surface area contributed by atoms with E-state index in [4.69, 9.17) is 4.74 Å². The lowest BCUT2D eigenvalue weighted by molar-refractivity contribution is -0.122. The van der Waals surface area contributed by atoms with E-state index in [9.17, 15) is 13.2 Å². The molecule has 1 heterocycles. The molecule has 7 heteroatoms. The van der Waals surface area contributed by atoms with E-state index in [1.165, 1.54) is 7.05 Å². The van der Waals surface area contributed by atoms with E-state index in [1.807, 2.05) is 31.2 Å². The number of para-hydroxylation sites is 1. The number of carbonyl (C=O) groups excluding carboxylic acids is 1. The van der Waals surface area contributed by atoms with Gasteiger partial charge in [-0.25, -0.2) is 8.42 Å². The van der Waals surface area contributed by atoms with Gasteiger partial charge in [0.15, 0.2) is 0 Å². The van der Waals surface area contributed by atoms with Crippen molar-refractivity contribution in [1.82, 2.24) is 9.62 Å². The zero-order valence-electron chi connectivity index (χ0n) is 18.0. The third kappa shape index (κ3) is 4.52. The van der Waals surface area contributed by atoms with Gasteiger partial charge in [0.25, 0.3) is 0 Å². The number of carbonyl (C=O) groups is 1. The van der Waals surface area contributed by atoms with Gasteiger partial charge in [-0.1, -0.05) is 49.7 Å². The number of likely N-dealkylation sites (N-methyl/N-ethyl adjacent to an activating group) is 1. The summed E-state index contributed by atoms with van der Waals surface area (Å²) < 4.78 is 32.9. The van der Waals surface area contributed by atoms with Gasteiger partial charge in [-0.3, -0.25) is 4.79 Å². The van der Waals surface area contributed by atoms with Crippen LogP contribution in [0.2, 0.25) is 0 Å². The topological polar surface area (TPSA) is 75.7 Å². The lowest BCUT2D eigenvalue weighted by Crippen LogP contribution is -2.46. The van der Waals surface area contributed by atoms with E-state index < -0.39 is 10.0 Å². The Labute approximate surface area is 179 Å². The Balaban J connectivity index is 1.76. The van der Waals surface area contributed by atoms with E-state index in [1.54, 1.807) is 24.3 Å². The zero-order chi connectivity index (χ0) is 21.9. The number of sulfonamides is 1. The summed E-state index contributed by atoms with van der Waals surface area (Å²) in [5, 5.41) is 3.04. The summed E-state index contributed by atoms with van der Waals surface area (Å²) in [7, 11) is -2.31. The van der Waals surface area contributed by atoms with Crippen LogP contribution in [0.3, 0.4) is 0 Å². The van der Waals surface area contributed by atoms with Crippen LogP contribution in [-0.4, -0.2) is 37.8 Å². The molecule has 1 aliphatic rings. The molecular formula is C23H30N2O4S. The smallest absolute Gasteiger partial charge is 0.243 e. The minimum Gasteiger partial charge on any atom is -0.487 e. The summed E-state index contributed by atoms with van der Waals surface area (Å²) in [5.74, 6) is 0.439. The van der Waals surface area contributed by atoms with E-state index in [2.05, 4.69) is 19.2 Å². The molecule has 1 atom stereocenters. The predicted molar refractivity (Wildman–Crippen MR) is 117 cm³/mol. The number of nitrogens with zero attached hydrogens (tertiary/aromatic N) is 1. The second-order valence-corrected chi connectivity index (χ2v) is 9.97. The standard InChI is InChI=1S/C23H30N2O4S/c1-5-23(6-2)15-20(19-9-7-8-10-21(19)29-23)24-22(26)16-25(4)30(27,28)18-13-11-17(3)12-14-18/h7-14,20H,5-6,15-16H2,1-4H3,(H,24,26). The highest BCUT2D eigenvalue weighted by Gasteiger charge is 2.39. The van der Waals surface area contributed by atoms with Crippen LogP contribution in [-0.2, 0) is 14.8 Å². The first kappa shape index (κ1) is 22.3. The molecule has 2 aromatic carbocycles. The fourth-order valence-electron chi connectivity index (χ4n) is 3.85. The molecule has 0 fully saturated rings. The average Bonchev–Trinajstić information content (AvgIpc) is 2.73. The van der Waals surface area contributed by atoms with Crippen molar-refractivity contribution in [2.45, 2.75) is 56.6 Å². The fourth-order valence-corrected chi connectivity index (χ4v) is 4.97. The molecule has 0 saturated carbocycles. The molecule has 162 valence electrons. The van der Waals surface area contributed by atoms with Crippen LogP contribution >= 0.6 is 0 Å². The number of ether oxygens (including phenoxy) is 1. The van der Waals surface area contributed by atoms with Crippen LogP contribution in [0.25, 0.3) is 0 Å². The van der Waals surface area contributed by atoms with Crippen molar-refractivity contribution >= 4 is 15.9 Å². The summed E-state index contributed by atoms with van der Waals surface area (Å²) in [6.07, 6.45) is 2.30. The number of hydrogen-bond donors (Lipinski definition) is 1. The lowest BCUT2D eigenvalue weighted by Gasteiger charge is -2.41. The minimum absolute atomic E-state index is 0.177. The normalized spacial score (nSPS) is 17.8. The number of amides is 1. The monoisotopic (exact) mass is 430 g/mol. The number of benzene rings is 2. The van der Waals surface area contributed by atoms with Gasteiger partial charge in [-0.15, -0.1) is 0 Å². The number of aryl methyl sites for hydroxylation is 1. The maximum absolute atomic E-state index is 12.8. The largest absolute Gasteiger partial charge is 0.487 e. The summed E-state index contributed by atoms with van der Waals surface area (Å²) in [6.45, 7) is 5.81. The molecule has 1 amide bonds. The summed E-state index contributed by atoms with van der Waals surface area (Å²) >= 11 is 0. The third-order valence-corrected chi connectivity index (χ3v) is 7.73. The maximum atomic E-state index is 12.8. The Morgan fingerprint density at radius 2 is 1.77 bits per heavy atom. The van der Waals surface area contributed by atoms with Gasteiger partial charge >= 0.3 is 0 Å². The molecule has 0 bridgehead atoms. The molecule has 1 unspecified atom stereocenters. The molecule has 0 spiro atoms. The molecule has 3 rings (SSSR count). The van der Waals surface area contributed by atoms with Crippen molar-refractivity contribution in [3.8, 4) is 5.75 Å². The number of rotatable bonds is 7. The van der Waals surface area contributed by atoms with Crippen LogP contribution in [0.4, 0.5) is 0 Å². The van der Waals surface area contributed by atoms with Gasteiger partial charge < -0.3 is 10.1 Å². The molecule has 0 aromatic heterocycles. The highest BCUT2D eigenvalue weighted by atomic mass is 32.2. The van der Waals surface area contributed by atoms with Crippen molar-refractivity contribution in [3.63, 3.8) is 0 Å². The number of nitrogens with one attached hydrogen (secondary N) is 1. The predicted octanol–water partition coefficient (Wildman–Crippen LogP) is 3.81. The van der Waals surface area contributed by atoms with Crippen molar-refractivity contribution in [1.29, 1.82) is 0 Å². The van der Waals surface area contributed by atoms with E-state index in [-0.39, 0.29) is 29.0 Å². The molecule has 0 aliphatic carbocycles. The summed E-state index contributed by atoms with van der Waals surface area (Å²) in [4.78, 5) is 13.0. The van der Waals surface area contributed by atoms with Gasteiger partial charge in [-0.2, -0.15) is 4.31 Å². The molecular weight excluding hydrogens is 400 g/mol. The Morgan fingerprint density at radius 1 is 1.13 bits per heavy atom. The van der Waals surface area contributed by atoms with E-state index in [0.717, 1.165) is 34.0 Å². The van der Waals surface area contributed by atoms with Gasteiger partial charge in [0.2, 0.25) is 15.9 Å². The Hall–Kier alpha value is -2.38. The Kier molecular flexibility index (Phi) is 6.53. The fraction of sp³-hybridized carbons (Fsp3) is 0.435. The molecule has 1 N–H and O–H groups in total. The zero-order valence-corrected chi connectivity index (χ0v) is 18.8. The molecule has 0 saturated heterocycles. The second-order valence-electron chi connectivity index (χ2n) is 7.93. The highest BCUT2D eigenvalue weighted by Crippen LogP contribution is 2.42. The minimum atomic E-state index is -3.74. The number of fused-ring (bicyclic) bond motifs is 1. The SMILES string of the molecule is CCC1(CC)CC(NC(=O)CN(C)S(=O)(=O)c2ccc(C)cc2)c2ccccc2O1. The van der Waals surface area contributed by atoms with Crippen LogP contribution in [0, 0.1) is 6.92 Å². The van der Waals surface area contributed by atoms with Gasteiger partial charge in [0.05, 0.1) is 17.5 Å². The molecule has 6 nitrogen and oxygen atoms in total. The van der Waals surface area contributed by atoms with Crippen molar-refractivity contribution < 1.29 is 17.9 Å². The van der Waals surface area contributed by atoms with Crippen LogP contribution < -0.4 is 10.1 Å². The van der Waals surface area contributed by atoms with Crippen molar-refractivity contribution in [2.24, 2.45) is 0 Å². The lowest BCUT2D eigenvalue weighted by atomic mass is 9.83. The first-order valence-electron chi connectivity index (χ1n) is 10.3. The Bertz CT molecular complexity index is 998. The van der Waals surface area contributed by atoms with Crippen LogP contribution in [0.1, 0.15) is 50.3 Å². The highest BCUT2D eigenvalue weighted by molar-refractivity contribution is 7.89. The second kappa shape index (κ2) is 8.78. The summed E-state index contributed by atoms with van der Waals surface area (Å²) in [5.41, 5.74) is 1.56. The van der Waals surface area contributed by atoms with Gasteiger partial charge in [0.1, 0.15) is 11.4 Å². The van der Waals surface area contributed by atoms with Crippen molar-refractivity contribution in [3.05, 3.63) is 59.7 Å². The maximum Gasteiger partial charge on any atom is 0.243 e. The van der Waals surface area contributed by atoms with E-state index >= 15 is 0 Å². The van der Waals surface area contributed by atoms with Gasteiger partial charge in [0, 0.05) is 19.0 Å². The number of hydrogen-bond acceptors (Lipinski definition) is 4. The average molecular weight is 431 g/mol. The van der Waals surface area contributed by atoms with Crippen LogP contribution in [0.5, 0.6) is 5.75 Å². The molecule has 2 aromatic rings. The first-order chi connectivity index (χ1) is 14.2. The molecule has 30 heavy (non-hydrogen) atoms. The van der Waals surface area contributed by atoms with Crippen LogP contribution in [0.15, 0.2) is 53.4 Å². The van der Waals surface area contributed by atoms with Gasteiger partial charge in [-0.05, 0) is 38.0 Å². The summed E-state index contributed by atoms with van der Waals surface area (Å²) in [6, 6.07) is 14.1. The first-order valence-corrected chi connectivity index (χ1v) is 11.7.